The summed E-state index contributed by atoms with van der Waals surface area (Å²) in [6.07, 6.45) is 7.26. The number of benzene rings is 3. The number of carbonyl (C=O) groups is 1. The van der Waals surface area contributed by atoms with Crippen molar-refractivity contribution in [1.29, 1.82) is 0 Å². The van der Waals surface area contributed by atoms with Gasteiger partial charge in [-0.1, -0.05) is 66.7 Å². The van der Waals surface area contributed by atoms with Crippen LogP contribution in [0.2, 0.25) is 0 Å². The molecule has 0 unspecified atom stereocenters. The van der Waals surface area contributed by atoms with Crippen LogP contribution >= 0.6 is 0 Å². The number of aryl methyl sites for hydroxylation is 1. The summed E-state index contributed by atoms with van der Waals surface area (Å²) in [4.78, 5) is 15.3. The molecular formula is C27H28N2O2. The van der Waals surface area contributed by atoms with Crippen LogP contribution in [0.5, 0.6) is 5.75 Å². The number of hydrogen-bond donors (Lipinski definition) is 1. The fraction of sp³-hybridized carbons (Fsp3) is 0.222. The average Bonchev–Trinajstić information content (AvgIpc) is 2.83. The Morgan fingerprint density at radius 2 is 1.77 bits per heavy atom. The summed E-state index contributed by atoms with van der Waals surface area (Å²) in [5.74, 6) is 0.766. The van der Waals surface area contributed by atoms with Gasteiger partial charge < -0.3 is 15.0 Å². The van der Waals surface area contributed by atoms with Crippen molar-refractivity contribution >= 4 is 17.8 Å². The molecule has 1 atom stereocenters. The normalized spacial score (nSPS) is 15.3. The Hall–Kier alpha value is -3.53. The highest BCUT2D eigenvalue weighted by Crippen LogP contribution is 2.34. The SMILES string of the molecule is COc1ccc(NC(=O)N(C/C=C/c2ccccc2)[C@@H]2CCCc3ccccc32)cc1. The Labute approximate surface area is 184 Å². The van der Waals surface area contributed by atoms with Crippen molar-refractivity contribution in [2.75, 3.05) is 19.0 Å². The minimum Gasteiger partial charge on any atom is -0.497 e. The fourth-order valence-corrected chi connectivity index (χ4v) is 4.14. The maximum atomic E-state index is 13.4. The maximum absolute atomic E-state index is 13.4. The molecule has 1 aliphatic rings. The van der Waals surface area contributed by atoms with Crippen LogP contribution in [0.4, 0.5) is 10.5 Å². The third kappa shape index (κ3) is 5.15. The van der Waals surface area contributed by atoms with Gasteiger partial charge in [0.05, 0.1) is 13.2 Å². The molecule has 1 N–H and O–H groups in total. The van der Waals surface area contributed by atoms with Crippen molar-refractivity contribution < 1.29 is 9.53 Å². The van der Waals surface area contributed by atoms with Crippen molar-refractivity contribution in [2.24, 2.45) is 0 Å². The van der Waals surface area contributed by atoms with Crippen molar-refractivity contribution in [2.45, 2.75) is 25.3 Å². The van der Waals surface area contributed by atoms with Gasteiger partial charge >= 0.3 is 6.03 Å². The Morgan fingerprint density at radius 1 is 1.03 bits per heavy atom. The molecule has 4 rings (SSSR count). The number of carbonyl (C=O) groups excluding carboxylic acids is 1. The molecule has 0 saturated carbocycles. The van der Waals surface area contributed by atoms with Gasteiger partial charge in [0.25, 0.3) is 0 Å². The van der Waals surface area contributed by atoms with Crippen LogP contribution in [0.25, 0.3) is 6.08 Å². The van der Waals surface area contributed by atoms with Gasteiger partial charge in [-0.2, -0.15) is 0 Å². The Kier molecular flexibility index (Phi) is 6.68. The minimum absolute atomic E-state index is 0.0589. The van der Waals surface area contributed by atoms with Crippen molar-refractivity contribution in [1.82, 2.24) is 4.90 Å². The molecule has 0 bridgehead atoms. The molecule has 0 saturated heterocycles. The van der Waals surface area contributed by atoms with Crippen LogP contribution < -0.4 is 10.1 Å². The van der Waals surface area contributed by atoms with E-state index >= 15 is 0 Å². The van der Waals surface area contributed by atoms with E-state index in [1.54, 1.807) is 7.11 Å². The lowest BCUT2D eigenvalue weighted by molar-refractivity contribution is 0.188. The number of fused-ring (bicyclic) bond motifs is 1. The molecule has 1 aliphatic carbocycles. The lowest BCUT2D eigenvalue weighted by Gasteiger charge is -2.35. The number of anilines is 1. The Morgan fingerprint density at radius 3 is 2.55 bits per heavy atom. The summed E-state index contributed by atoms with van der Waals surface area (Å²) in [6, 6.07) is 26.1. The van der Waals surface area contributed by atoms with Crippen molar-refractivity contribution in [3.05, 3.63) is 102 Å². The maximum Gasteiger partial charge on any atom is 0.322 e. The molecule has 3 aromatic carbocycles. The molecule has 0 heterocycles. The van der Waals surface area contributed by atoms with Crippen LogP contribution in [-0.2, 0) is 6.42 Å². The molecule has 0 aromatic heterocycles. The predicted molar refractivity (Wildman–Crippen MR) is 126 cm³/mol. The number of urea groups is 1. The standard InChI is InChI=1S/C27H28N2O2/c1-31-24-18-16-23(17-19-24)28-27(30)29(20-8-11-21-9-3-2-4-10-21)26-15-7-13-22-12-5-6-14-25(22)26/h2-6,8-12,14,16-19,26H,7,13,15,20H2,1H3,(H,28,30)/b11-8+/t26-/m1/s1. The van der Waals surface area contributed by atoms with Crippen LogP contribution in [-0.4, -0.2) is 24.6 Å². The van der Waals surface area contributed by atoms with Gasteiger partial charge in [-0.3, -0.25) is 0 Å². The first kappa shape index (κ1) is 20.7. The van der Waals surface area contributed by atoms with E-state index in [1.165, 1.54) is 11.1 Å². The number of nitrogens with one attached hydrogen (secondary N) is 1. The molecule has 0 spiro atoms. The van der Waals surface area contributed by atoms with E-state index in [-0.39, 0.29) is 12.1 Å². The first-order valence-electron chi connectivity index (χ1n) is 10.8. The van der Waals surface area contributed by atoms with Crippen molar-refractivity contribution in [3.63, 3.8) is 0 Å². The number of ether oxygens (including phenoxy) is 1. The van der Waals surface area contributed by atoms with E-state index in [0.29, 0.717) is 6.54 Å². The van der Waals surface area contributed by atoms with Crippen LogP contribution in [0.1, 0.15) is 35.6 Å². The molecule has 158 valence electrons. The summed E-state index contributed by atoms with van der Waals surface area (Å²) in [6.45, 7) is 0.538. The van der Waals surface area contributed by atoms with Gasteiger partial charge in [0, 0.05) is 12.2 Å². The van der Waals surface area contributed by atoms with Crippen LogP contribution in [0.3, 0.4) is 0 Å². The molecular weight excluding hydrogens is 384 g/mol. The van der Waals surface area contributed by atoms with Gasteiger partial charge in [0.15, 0.2) is 0 Å². The van der Waals surface area contributed by atoms with Gasteiger partial charge in [-0.15, -0.1) is 0 Å². The molecule has 2 amide bonds. The summed E-state index contributed by atoms with van der Waals surface area (Å²) in [5.41, 5.74) is 4.48. The molecule has 0 aliphatic heterocycles. The van der Waals surface area contributed by atoms with Gasteiger partial charge in [0.2, 0.25) is 0 Å². The summed E-state index contributed by atoms with van der Waals surface area (Å²) < 4.78 is 5.22. The largest absolute Gasteiger partial charge is 0.497 e. The zero-order chi connectivity index (χ0) is 21.5. The molecule has 0 radical (unpaired) electrons. The third-order valence-electron chi connectivity index (χ3n) is 5.73. The van der Waals surface area contributed by atoms with Crippen LogP contribution in [0.15, 0.2) is 84.9 Å². The van der Waals surface area contributed by atoms with Gasteiger partial charge in [0.1, 0.15) is 5.75 Å². The van der Waals surface area contributed by atoms with Crippen LogP contribution in [0, 0.1) is 0 Å². The Bertz CT molecular complexity index is 1030. The predicted octanol–water partition coefficient (Wildman–Crippen LogP) is 6.32. The van der Waals surface area contributed by atoms with Crippen molar-refractivity contribution in [3.8, 4) is 5.75 Å². The van der Waals surface area contributed by atoms with Gasteiger partial charge in [-0.05, 0) is 60.2 Å². The van der Waals surface area contributed by atoms with E-state index in [4.69, 9.17) is 4.74 Å². The topological polar surface area (TPSA) is 41.6 Å². The fourth-order valence-electron chi connectivity index (χ4n) is 4.14. The highest BCUT2D eigenvalue weighted by atomic mass is 16.5. The van der Waals surface area contributed by atoms with E-state index < -0.39 is 0 Å². The average molecular weight is 413 g/mol. The first-order chi connectivity index (χ1) is 15.2. The monoisotopic (exact) mass is 412 g/mol. The lowest BCUT2D eigenvalue weighted by atomic mass is 9.87. The van der Waals surface area contributed by atoms with E-state index in [0.717, 1.165) is 36.3 Å². The number of amides is 2. The first-order valence-corrected chi connectivity index (χ1v) is 10.8. The zero-order valence-electron chi connectivity index (χ0n) is 17.8. The summed E-state index contributed by atoms with van der Waals surface area (Å²) in [7, 11) is 1.63. The number of nitrogens with zero attached hydrogens (tertiary/aromatic N) is 1. The van der Waals surface area contributed by atoms with E-state index in [9.17, 15) is 4.79 Å². The summed E-state index contributed by atoms with van der Waals surface area (Å²) in [5, 5.41) is 3.07. The quantitative estimate of drug-likeness (QED) is 0.515. The molecule has 31 heavy (non-hydrogen) atoms. The molecule has 0 fully saturated rings. The number of methoxy groups -OCH3 is 1. The zero-order valence-corrected chi connectivity index (χ0v) is 17.8. The highest BCUT2D eigenvalue weighted by Gasteiger charge is 2.28. The molecule has 4 heteroatoms. The highest BCUT2D eigenvalue weighted by molar-refractivity contribution is 5.90. The second kappa shape index (κ2) is 9.98. The lowest BCUT2D eigenvalue weighted by Crippen LogP contribution is -2.39. The third-order valence-corrected chi connectivity index (χ3v) is 5.73. The number of hydrogen-bond acceptors (Lipinski definition) is 2. The molecule has 4 nitrogen and oxygen atoms in total. The molecule has 3 aromatic rings. The Balaban J connectivity index is 1.57. The number of rotatable bonds is 6. The second-order valence-corrected chi connectivity index (χ2v) is 7.73. The van der Waals surface area contributed by atoms with E-state index in [2.05, 4.69) is 53.9 Å². The summed E-state index contributed by atoms with van der Waals surface area (Å²) >= 11 is 0. The second-order valence-electron chi connectivity index (χ2n) is 7.73. The van der Waals surface area contributed by atoms with Gasteiger partial charge in [-0.25, -0.2) is 4.79 Å². The van der Waals surface area contributed by atoms with E-state index in [1.807, 2.05) is 47.4 Å². The smallest absolute Gasteiger partial charge is 0.322 e. The minimum atomic E-state index is -0.0930.